The van der Waals surface area contributed by atoms with Crippen LogP contribution in [0.5, 0.6) is 0 Å². The second kappa shape index (κ2) is 7.58. The van der Waals surface area contributed by atoms with Gasteiger partial charge in [-0.05, 0) is 44.1 Å². The van der Waals surface area contributed by atoms with Gasteiger partial charge >= 0.3 is 6.18 Å². The predicted octanol–water partition coefficient (Wildman–Crippen LogP) is 3.76. The fraction of sp³-hybridized carbons (Fsp3) is 0.667. The molecule has 0 unspecified atom stereocenters. The van der Waals surface area contributed by atoms with Gasteiger partial charge in [0.1, 0.15) is 10.7 Å². The summed E-state index contributed by atoms with van der Waals surface area (Å²) in [5, 5.41) is 11.4. The first-order valence-electron chi connectivity index (χ1n) is 9.78. The minimum Gasteiger partial charge on any atom is -0.367 e. The molecule has 4 rings (SSSR count). The Morgan fingerprint density at radius 2 is 2.07 bits per heavy atom. The van der Waals surface area contributed by atoms with Crippen molar-refractivity contribution in [2.24, 2.45) is 0 Å². The number of anilines is 1. The molecular weight excluding hydrogens is 405 g/mol. The Kier molecular flexibility index (Phi) is 5.26. The number of piperidine rings is 1. The number of carbonyl (C=O) groups is 1. The summed E-state index contributed by atoms with van der Waals surface area (Å²) < 4.78 is 45.6. The molecule has 0 bridgehead atoms. The molecule has 2 aliphatic rings. The van der Waals surface area contributed by atoms with Crippen molar-refractivity contribution in [2.45, 2.75) is 63.7 Å². The van der Waals surface area contributed by atoms with Crippen molar-refractivity contribution < 1.29 is 18.0 Å². The lowest BCUT2D eigenvalue weighted by Gasteiger charge is -2.32. The molecule has 7 nitrogen and oxygen atoms in total. The van der Waals surface area contributed by atoms with Gasteiger partial charge in [-0.3, -0.25) is 4.79 Å². The molecule has 158 valence electrons. The molecule has 2 aromatic heterocycles. The minimum absolute atomic E-state index is 0.0106. The third-order valence-electron chi connectivity index (χ3n) is 5.83. The number of fused-ring (bicyclic) bond motifs is 1. The summed E-state index contributed by atoms with van der Waals surface area (Å²) in [5.41, 5.74) is 1.29. The zero-order valence-corrected chi connectivity index (χ0v) is 17.1. The van der Waals surface area contributed by atoms with E-state index in [-0.39, 0.29) is 24.3 Å². The number of halogens is 3. The summed E-state index contributed by atoms with van der Waals surface area (Å²) >= 11 is 1.09. The van der Waals surface area contributed by atoms with Crippen molar-refractivity contribution in [3.63, 3.8) is 0 Å². The molecule has 11 heteroatoms. The number of nitrogens with one attached hydrogen (secondary N) is 1. The van der Waals surface area contributed by atoms with Crippen molar-refractivity contribution >= 4 is 23.3 Å². The molecule has 1 saturated heterocycles. The van der Waals surface area contributed by atoms with E-state index in [1.165, 1.54) is 0 Å². The molecule has 1 fully saturated rings. The molecule has 2 aromatic rings. The van der Waals surface area contributed by atoms with Gasteiger partial charge in [-0.2, -0.15) is 18.3 Å². The number of nitrogens with zero attached hydrogens (tertiary/aromatic N) is 5. The van der Waals surface area contributed by atoms with Crippen LogP contribution in [0.3, 0.4) is 0 Å². The third-order valence-corrected chi connectivity index (χ3v) is 6.64. The van der Waals surface area contributed by atoms with E-state index in [0.717, 1.165) is 16.2 Å². The first kappa shape index (κ1) is 20.1. The molecule has 0 radical (unpaired) electrons. The SMILES string of the molecule is CC[C@@H]1C[C@H](C(F)(F)F)n2nc(C3CCN(C(=O)c4snnc4C)CC3)cc2N1. The molecule has 1 amide bonds. The monoisotopic (exact) mass is 428 g/mol. The van der Waals surface area contributed by atoms with E-state index < -0.39 is 12.2 Å². The molecule has 0 aliphatic carbocycles. The van der Waals surface area contributed by atoms with E-state index >= 15 is 0 Å². The summed E-state index contributed by atoms with van der Waals surface area (Å²) in [5.74, 6) is 0.392. The van der Waals surface area contributed by atoms with Gasteiger partial charge in [0.2, 0.25) is 0 Å². The van der Waals surface area contributed by atoms with Crippen LogP contribution < -0.4 is 5.32 Å². The maximum atomic E-state index is 13.5. The van der Waals surface area contributed by atoms with Crippen molar-refractivity contribution in [3.8, 4) is 0 Å². The summed E-state index contributed by atoms with van der Waals surface area (Å²) in [7, 11) is 0. The Labute approximate surface area is 170 Å². The van der Waals surface area contributed by atoms with Crippen LogP contribution in [-0.4, -0.2) is 55.5 Å². The van der Waals surface area contributed by atoms with Crippen molar-refractivity contribution in [1.82, 2.24) is 24.3 Å². The first-order chi connectivity index (χ1) is 13.8. The highest BCUT2D eigenvalue weighted by atomic mass is 32.1. The zero-order valence-electron chi connectivity index (χ0n) is 16.2. The number of carbonyl (C=O) groups excluding carboxylic acids is 1. The largest absolute Gasteiger partial charge is 0.410 e. The number of alkyl halides is 3. The van der Waals surface area contributed by atoms with Crippen LogP contribution in [0.15, 0.2) is 6.07 Å². The highest BCUT2D eigenvalue weighted by molar-refractivity contribution is 7.07. The van der Waals surface area contributed by atoms with Crippen LogP contribution >= 0.6 is 11.5 Å². The number of aryl methyl sites for hydroxylation is 1. The van der Waals surface area contributed by atoms with Crippen LogP contribution in [0.2, 0.25) is 0 Å². The molecule has 2 aliphatic heterocycles. The van der Waals surface area contributed by atoms with E-state index in [2.05, 4.69) is 20.0 Å². The summed E-state index contributed by atoms with van der Waals surface area (Å²) in [6.45, 7) is 4.71. The van der Waals surface area contributed by atoms with Crippen LogP contribution in [0, 0.1) is 6.92 Å². The molecule has 29 heavy (non-hydrogen) atoms. The fourth-order valence-electron chi connectivity index (χ4n) is 4.09. The first-order valence-corrected chi connectivity index (χ1v) is 10.6. The lowest BCUT2D eigenvalue weighted by Crippen LogP contribution is -2.39. The standard InChI is InChI=1S/C18H23F3N6OS/c1-3-12-8-14(18(19,20)21)27-15(22-12)9-13(24-27)11-4-6-26(7-5-11)17(28)16-10(2)23-25-29-16/h9,11-12,14,22H,3-8H2,1-2H3/t12-,14-/m1/s1. The van der Waals surface area contributed by atoms with Gasteiger partial charge in [0, 0.05) is 31.1 Å². The fourth-order valence-corrected chi connectivity index (χ4v) is 4.71. The Morgan fingerprint density at radius 3 is 2.66 bits per heavy atom. The normalized spacial score (nSPS) is 23.0. The average Bonchev–Trinajstić information content (AvgIpc) is 3.31. The van der Waals surface area contributed by atoms with E-state index in [1.54, 1.807) is 17.9 Å². The zero-order chi connectivity index (χ0) is 20.8. The third kappa shape index (κ3) is 3.84. The van der Waals surface area contributed by atoms with E-state index in [4.69, 9.17) is 0 Å². The number of hydrogen-bond acceptors (Lipinski definition) is 6. The van der Waals surface area contributed by atoms with Gasteiger partial charge < -0.3 is 10.2 Å². The maximum absolute atomic E-state index is 13.5. The number of likely N-dealkylation sites (tertiary alicyclic amines) is 1. The number of aromatic nitrogens is 4. The highest BCUT2D eigenvalue weighted by Crippen LogP contribution is 2.41. The van der Waals surface area contributed by atoms with Gasteiger partial charge in [0.05, 0.1) is 11.4 Å². The van der Waals surface area contributed by atoms with Gasteiger partial charge in [-0.15, -0.1) is 5.10 Å². The Morgan fingerprint density at radius 1 is 1.34 bits per heavy atom. The lowest BCUT2D eigenvalue weighted by molar-refractivity contribution is -0.173. The molecule has 0 aromatic carbocycles. The van der Waals surface area contributed by atoms with Gasteiger partial charge in [0.15, 0.2) is 6.04 Å². The maximum Gasteiger partial charge on any atom is 0.410 e. The van der Waals surface area contributed by atoms with Crippen LogP contribution in [0.1, 0.15) is 65.6 Å². The van der Waals surface area contributed by atoms with Crippen molar-refractivity contribution in [1.29, 1.82) is 0 Å². The molecule has 4 heterocycles. The van der Waals surface area contributed by atoms with Crippen LogP contribution in [0.4, 0.5) is 19.0 Å². The molecular formula is C18H23F3N6OS. The predicted molar refractivity (Wildman–Crippen MR) is 102 cm³/mol. The number of amides is 1. The van der Waals surface area contributed by atoms with Gasteiger partial charge in [0.25, 0.3) is 5.91 Å². The van der Waals surface area contributed by atoms with E-state index in [0.29, 0.717) is 54.4 Å². The Balaban J connectivity index is 1.48. The van der Waals surface area contributed by atoms with E-state index in [9.17, 15) is 18.0 Å². The highest BCUT2D eigenvalue weighted by Gasteiger charge is 2.46. The minimum atomic E-state index is -4.33. The van der Waals surface area contributed by atoms with Gasteiger partial charge in [-0.1, -0.05) is 11.4 Å². The second-order valence-corrected chi connectivity index (χ2v) is 8.45. The lowest BCUT2D eigenvalue weighted by atomic mass is 9.93. The molecule has 1 N–H and O–H groups in total. The summed E-state index contributed by atoms with van der Waals surface area (Å²) in [6, 6.07) is -0.0599. The van der Waals surface area contributed by atoms with Crippen LogP contribution in [0.25, 0.3) is 0 Å². The quantitative estimate of drug-likeness (QED) is 0.806. The molecule has 0 spiro atoms. The second-order valence-electron chi connectivity index (χ2n) is 7.70. The van der Waals surface area contributed by atoms with Crippen molar-refractivity contribution in [2.75, 3.05) is 18.4 Å². The Hall–Kier alpha value is -2.17. The smallest absolute Gasteiger partial charge is 0.367 e. The molecule has 0 saturated carbocycles. The van der Waals surface area contributed by atoms with Crippen molar-refractivity contribution in [3.05, 3.63) is 22.3 Å². The van der Waals surface area contributed by atoms with Gasteiger partial charge in [-0.25, -0.2) is 4.68 Å². The Bertz CT molecular complexity index is 887. The summed E-state index contributed by atoms with van der Waals surface area (Å²) in [6.07, 6.45) is -2.38. The van der Waals surface area contributed by atoms with E-state index in [1.807, 2.05) is 6.92 Å². The summed E-state index contributed by atoms with van der Waals surface area (Å²) in [4.78, 5) is 14.9. The topological polar surface area (TPSA) is 75.9 Å². The number of hydrogen-bond donors (Lipinski definition) is 1. The average molecular weight is 428 g/mol. The number of rotatable bonds is 3. The van der Waals surface area contributed by atoms with Crippen LogP contribution in [-0.2, 0) is 0 Å². The molecule has 2 atom stereocenters.